The van der Waals surface area contributed by atoms with Crippen molar-refractivity contribution in [2.75, 3.05) is 20.1 Å². The van der Waals surface area contributed by atoms with E-state index in [-0.39, 0.29) is 43.0 Å². The molecule has 3 aromatic rings. The van der Waals surface area contributed by atoms with Gasteiger partial charge in [-0.05, 0) is 48.1 Å². The summed E-state index contributed by atoms with van der Waals surface area (Å²) in [6.45, 7) is 3.58. The van der Waals surface area contributed by atoms with Crippen molar-refractivity contribution in [2.24, 2.45) is 11.8 Å². The molecule has 2 aliphatic rings. The van der Waals surface area contributed by atoms with Gasteiger partial charge < -0.3 is 4.90 Å². The number of benzene rings is 1. The normalized spacial score (nSPS) is 24.7. The van der Waals surface area contributed by atoms with Crippen LogP contribution in [0, 0.1) is 22.7 Å². The average Bonchev–Trinajstić information content (AvgIpc) is 3.23. The van der Waals surface area contributed by atoms with Crippen LogP contribution in [-0.4, -0.2) is 57.0 Å². The number of halogens is 5. The van der Waals surface area contributed by atoms with Crippen molar-refractivity contribution < 1.29 is 22.0 Å². The van der Waals surface area contributed by atoms with E-state index in [1.165, 1.54) is 28.8 Å². The van der Waals surface area contributed by atoms with E-state index < -0.39 is 34.7 Å². The summed E-state index contributed by atoms with van der Waals surface area (Å²) in [5, 5.41) is 16.3. The minimum atomic E-state index is -4.75. The molecule has 1 aromatic carbocycles. The second kappa shape index (κ2) is 10.1. The van der Waals surface area contributed by atoms with E-state index >= 15 is 0 Å². The third-order valence-corrected chi connectivity index (χ3v) is 8.62. The Morgan fingerprint density at radius 3 is 2.49 bits per heavy atom. The Morgan fingerprint density at radius 2 is 1.88 bits per heavy atom. The first-order valence-corrected chi connectivity index (χ1v) is 13.5. The van der Waals surface area contributed by atoms with Crippen LogP contribution < -0.4 is 5.69 Å². The molecule has 1 aliphatic carbocycles. The number of alkyl halides is 5. The quantitative estimate of drug-likeness (QED) is 0.222. The van der Waals surface area contributed by atoms with Crippen molar-refractivity contribution in [2.45, 2.75) is 57.2 Å². The van der Waals surface area contributed by atoms with Crippen molar-refractivity contribution in [1.29, 1.82) is 10.8 Å². The number of piperidine rings is 1. The molecule has 0 spiro atoms. The van der Waals surface area contributed by atoms with Crippen LogP contribution in [0.4, 0.5) is 22.0 Å². The molecule has 5 rings (SSSR count). The highest BCUT2D eigenvalue weighted by Gasteiger charge is 2.48. The summed E-state index contributed by atoms with van der Waals surface area (Å²) in [7, 11) is 1.63. The van der Waals surface area contributed by atoms with Gasteiger partial charge in [0.2, 0.25) is 0 Å². The van der Waals surface area contributed by atoms with Crippen molar-refractivity contribution in [3.63, 3.8) is 0 Å². The predicted octanol–water partition coefficient (Wildman–Crippen LogP) is 5.77. The van der Waals surface area contributed by atoms with Crippen LogP contribution in [0.15, 0.2) is 47.5 Å². The van der Waals surface area contributed by atoms with E-state index in [0.717, 1.165) is 22.4 Å². The second-order valence-corrected chi connectivity index (χ2v) is 11.7. The maximum Gasteiger partial charge on any atom is 0.418 e. The number of nitrogens with zero attached hydrogens (tertiary/aromatic N) is 4. The smallest absolute Gasteiger partial charge is 0.324 e. The van der Waals surface area contributed by atoms with Gasteiger partial charge >= 0.3 is 11.9 Å². The fraction of sp³-hybridized carbons (Fsp3) is 0.483. The Labute approximate surface area is 234 Å². The van der Waals surface area contributed by atoms with Gasteiger partial charge in [-0.1, -0.05) is 26.0 Å². The summed E-state index contributed by atoms with van der Waals surface area (Å²) in [4.78, 5) is 16.7. The lowest BCUT2D eigenvalue weighted by Gasteiger charge is -2.48. The molecule has 1 saturated heterocycles. The highest BCUT2D eigenvalue weighted by atomic mass is 19.4. The van der Waals surface area contributed by atoms with E-state index in [1.54, 1.807) is 30.1 Å². The Bertz CT molecular complexity index is 1550. The molecular formula is C29H33F5N6O. The van der Waals surface area contributed by atoms with Gasteiger partial charge in [-0.25, -0.2) is 13.6 Å². The monoisotopic (exact) mass is 576 g/mol. The van der Waals surface area contributed by atoms with Gasteiger partial charge in [0.15, 0.2) is 0 Å². The van der Waals surface area contributed by atoms with Crippen LogP contribution in [0.1, 0.15) is 49.8 Å². The minimum Gasteiger partial charge on any atom is -0.324 e. The standard InChI is InChI=1S/C29H33F5N6O/c1-18-11-27(12-18,25(36)37(3)17-35)21-5-4-6-22(10-21)39-16-24-23(29(32,33)34)9-20(15-40(24)26(39)41)14-38-8-7-28(30,31)19(2)13-38/h4-6,9-10,15-19,35-36H,7-8,11-14H2,1-3H3/t18?,19-,27?/m1/s1. The lowest BCUT2D eigenvalue weighted by molar-refractivity contribution is -0.136. The lowest BCUT2D eigenvalue weighted by Crippen LogP contribution is -2.52. The first-order chi connectivity index (χ1) is 19.2. The third kappa shape index (κ3) is 5.06. The van der Waals surface area contributed by atoms with Gasteiger partial charge in [0, 0.05) is 51.4 Å². The largest absolute Gasteiger partial charge is 0.418 e. The molecule has 0 bridgehead atoms. The fourth-order valence-corrected chi connectivity index (χ4v) is 6.36. The van der Waals surface area contributed by atoms with Crippen LogP contribution >= 0.6 is 0 Å². The number of imidazole rings is 1. The van der Waals surface area contributed by atoms with Crippen LogP contribution in [-0.2, 0) is 18.1 Å². The molecule has 2 aromatic heterocycles. The summed E-state index contributed by atoms with van der Waals surface area (Å²) >= 11 is 0. The molecule has 2 fully saturated rings. The van der Waals surface area contributed by atoms with Crippen LogP contribution in [0.5, 0.6) is 0 Å². The zero-order chi connectivity index (χ0) is 29.9. The molecular weight excluding hydrogens is 543 g/mol. The van der Waals surface area contributed by atoms with Gasteiger partial charge in [0.05, 0.1) is 28.5 Å². The molecule has 12 heteroatoms. The summed E-state index contributed by atoms with van der Waals surface area (Å²) in [5.41, 5.74) is -1.32. The van der Waals surface area contributed by atoms with Crippen LogP contribution in [0.2, 0.25) is 0 Å². The summed E-state index contributed by atoms with van der Waals surface area (Å²) in [6, 6.07) is 7.90. The van der Waals surface area contributed by atoms with E-state index in [1.807, 2.05) is 6.07 Å². The maximum atomic E-state index is 14.2. The number of nitrogens with one attached hydrogen (secondary N) is 2. The number of aromatic nitrogens is 2. The van der Waals surface area contributed by atoms with Crippen molar-refractivity contribution >= 4 is 17.7 Å². The highest BCUT2D eigenvalue weighted by molar-refractivity contribution is 5.98. The Hall–Kier alpha value is -3.54. The SMILES string of the molecule is CC1CC(C(=N)N(C)C=N)(c2cccc(-n3cc4c(C(F)(F)F)cc(CN5CCC(F)(F)[C@H](C)C5)cn4c3=O)c2)C1. The number of likely N-dealkylation sites (N-methyl/N-ethyl adjacent to an activating group) is 1. The molecule has 1 saturated carbocycles. The molecule has 7 nitrogen and oxygen atoms in total. The molecule has 2 N–H and O–H groups in total. The molecule has 3 heterocycles. The van der Waals surface area contributed by atoms with Crippen molar-refractivity contribution in [3.8, 4) is 5.69 Å². The summed E-state index contributed by atoms with van der Waals surface area (Å²) in [6.07, 6.45) is -0.192. The van der Waals surface area contributed by atoms with E-state index in [2.05, 4.69) is 6.92 Å². The van der Waals surface area contributed by atoms with Gasteiger partial charge in [-0.2, -0.15) is 13.2 Å². The zero-order valence-corrected chi connectivity index (χ0v) is 23.1. The molecule has 220 valence electrons. The van der Waals surface area contributed by atoms with E-state index in [4.69, 9.17) is 10.8 Å². The molecule has 0 radical (unpaired) electrons. The van der Waals surface area contributed by atoms with Gasteiger partial charge in [0.1, 0.15) is 5.84 Å². The average molecular weight is 577 g/mol. The number of hydrogen-bond acceptors (Lipinski definition) is 4. The van der Waals surface area contributed by atoms with Gasteiger partial charge in [-0.3, -0.25) is 24.7 Å². The summed E-state index contributed by atoms with van der Waals surface area (Å²) < 4.78 is 72.7. The number of hydrogen-bond donors (Lipinski definition) is 2. The molecule has 41 heavy (non-hydrogen) atoms. The maximum absolute atomic E-state index is 14.2. The predicted molar refractivity (Wildman–Crippen MR) is 146 cm³/mol. The first kappa shape index (κ1) is 29.0. The molecule has 1 aliphatic heterocycles. The summed E-state index contributed by atoms with van der Waals surface area (Å²) in [5.74, 6) is -3.16. The highest BCUT2D eigenvalue weighted by Crippen LogP contribution is 2.49. The Morgan fingerprint density at radius 1 is 1.17 bits per heavy atom. The topological polar surface area (TPSA) is 80.6 Å². The number of fused-ring (bicyclic) bond motifs is 1. The van der Waals surface area contributed by atoms with Crippen LogP contribution in [0.25, 0.3) is 11.2 Å². The van der Waals surface area contributed by atoms with Gasteiger partial charge in [-0.15, -0.1) is 0 Å². The van der Waals surface area contributed by atoms with Crippen molar-refractivity contribution in [1.82, 2.24) is 18.8 Å². The van der Waals surface area contributed by atoms with Gasteiger partial charge in [0.25, 0.3) is 5.92 Å². The van der Waals surface area contributed by atoms with Crippen LogP contribution in [0.3, 0.4) is 0 Å². The molecule has 0 unspecified atom stereocenters. The third-order valence-electron chi connectivity index (χ3n) is 8.62. The van der Waals surface area contributed by atoms with Crippen molar-refractivity contribution in [3.05, 3.63) is 69.9 Å². The number of pyridine rings is 1. The van der Waals surface area contributed by atoms with E-state index in [0.29, 0.717) is 24.4 Å². The lowest BCUT2D eigenvalue weighted by atomic mass is 9.58. The Balaban J connectivity index is 1.56. The Kier molecular flexibility index (Phi) is 7.12. The second-order valence-electron chi connectivity index (χ2n) is 11.7. The number of amidine groups is 1. The van der Waals surface area contributed by atoms with E-state index in [9.17, 15) is 26.7 Å². The molecule has 1 atom stereocenters. The number of likely N-dealkylation sites (tertiary alicyclic amines) is 1. The zero-order valence-electron chi connectivity index (χ0n) is 23.1. The minimum absolute atomic E-state index is 0.00982. The molecule has 0 amide bonds. The first-order valence-electron chi connectivity index (χ1n) is 13.5. The fourth-order valence-electron chi connectivity index (χ4n) is 6.36. The number of rotatable bonds is 6.